The molecular weight excluding hydrogens is 338 g/mol. The lowest BCUT2D eigenvalue weighted by Crippen LogP contribution is -2.38. The van der Waals surface area contributed by atoms with Gasteiger partial charge in [0.2, 0.25) is 11.8 Å². The van der Waals surface area contributed by atoms with Crippen LogP contribution >= 0.6 is 0 Å². The normalized spacial score (nSPS) is 37.6. The molecule has 1 unspecified atom stereocenters. The number of alkyl halides is 2. The van der Waals surface area contributed by atoms with Crippen molar-refractivity contribution in [2.45, 2.75) is 63.9 Å². The number of hydrogen-bond acceptors (Lipinski definition) is 3. The highest BCUT2D eigenvalue weighted by Crippen LogP contribution is 2.44. The Morgan fingerprint density at radius 1 is 1.15 bits per heavy atom. The smallest absolute Gasteiger partial charge is 0.248 e. The van der Waals surface area contributed by atoms with E-state index in [1.807, 2.05) is 4.90 Å². The van der Waals surface area contributed by atoms with Gasteiger partial charge in [-0.2, -0.15) is 0 Å². The first-order valence-corrected chi connectivity index (χ1v) is 10.3. The highest BCUT2D eigenvalue weighted by atomic mass is 19.3. The quantitative estimate of drug-likeness (QED) is 0.745. The van der Waals surface area contributed by atoms with Crippen molar-refractivity contribution in [2.24, 2.45) is 17.3 Å². The van der Waals surface area contributed by atoms with E-state index in [1.54, 1.807) is 0 Å². The summed E-state index contributed by atoms with van der Waals surface area (Å²) in [4.78, 5) is 16.9. The molecule has 4 fully saturated rings. The number of hydrogen-bond donors (Lipinski definition) is 0. The first kappa shape index (κ1) is 18.6. The Kier molecular flexibility index (Phi) is 5.01. The van der Waals surface area contributed by atoms with Crippen LogP contribution in [0.4, 0.5) is 8.78 Å². The van der Waals surface area contributed by atoms with Crippen molar-refractivity contribution in [1.29, 1.82) is 0 Å². The Morgan fingerprint density at radius 3 is 2.58 bits per heavy atom. The minimum atomic E-state index is -2.45. The molecule has 0 spiro atoms. The first-order valence-electron chi connectivity index (χ1n) is 10.3. The molecule has 4 aliphatic rings. The number of carbonyl (C=O) groups excluding carboxylic acids is 1. The van der Waals surface area contributed by atoms with Gasteiger partial charge in [-0.15, -0.1) is 0 Å². The zero-order chi connectivity index (χ0) is 18.4. The first-order chi connectivity index (χ1) is 12.3. The van der Waals surface area contributed by atoms with Gasteiger partial charge in [0.05, 0.1) is 6.10 Å². The van der Waals surface area contributed by atoms with Gasteiger partial charge in [-0.3, -0.25) is 4.79 Å². The highest BCUT2D eigenvalue weighted by Gasteiger charge is 2.51. The van der Waals surface area contributed by atoms with E-state index in [1.165, 1.54) is 12.8 Å². The predicted octanol–water partition coefficient (Wildman–Crippen LogP) is 3.16. The van der Waals surface area contributed by atoms with Crippen LogP contribution in [0.3, 0.4) is 0 Å². The van der Waals surface area contributed by atoms with E-state index in [4.69, 9.17) is 4.74 Å². The molecule has 0 bridgehead atoms. The van der Waals surface area contributed by atoms with Gasteiger partial charge >= 0.3 is 0 Å². The second-order valence-corrected chi connectivity index (χ2v) is 9.50. The summed E-state index contributed by atoms with van der Waals surface area (Å²) in [5, 5.41) is 0. The number of amides is 1. The van der Waals surface area contributed by atoms with Crippen molar-refractivity contribution < 1.29 is 18.3 Å². The van der Waals surface area contributed by atoms with Gasteiger partial charge in [-0.1, -0.05) is 19.8 Å². The van der Waals surface area contributed by atoms with Crippen molar-refractivity contribution in [3.05, 3.63) is 0 Å². The number of halogens is 2. The van der Waals surface area contributed by atoms with Crippen LogP contribution in [0.1, 0.15) is 51.9 Å². The molecular formula is C20H32F2N2O2. The van der Waals surface area contributed by atoms with Crippen LogP contribution in [0.5, 0.6) is 0 Å². The molecule has 2 aliphatic heterocycles. The van der Waals surface area contributed by atoms with Crippen LogP contribution in [0.25, 0.3) is 0 Å². The molecule has 4 nitrogen and oxygen atoms in total. The maximum absolute atomic E-state index is 13.4. The fourth-order valence-corrected chi connectivity index (χ4v) is 5.69. The molecule has 1 amide bonds. The van der Waals surface area contributed by atoms with Crippen LogP contribution in [0.15, 0.2) is 0 Å². The molecule has 2 saturated carbocycles. The van der Waals surface area contributed by atoms with Gasteiger partial charge in [0.15, 0.2) is 0 Å². The molecule has 26 heavy (non-hydrogen) atoms. The minimum Gasteiger partial charge on any atom is -0.368 e. The lowest BCUT2D eigenvalue weighted by Gasteiger charge is -2.27. The van der Waals surface area contributed by atoms with Crippen molar-refractivity contribution >= 4 is 5.91 Å². The minimum absolute atomic E-state index is 0.0496. The van der Waals surface area contributed by atoms with Crippen molar-refractivity contribution in [3.8, 4) is 0 Å². The van der Waals surface area contributed by atoms with E-state index < -0.39 is 5.92 Å². The van der Waals surface area contributed by atoms with Crippen molar-refractivity contribution in [3.63, 3.8) is 0 Å². The summed E-state index contributed by atoms with van der Waals surface area (Å²) < 4.78 is 32.6. The molecule has 2 aliphatic carbocycles. The monoisotopic (exact) mass is 370 g/mol. The van der Waals surface area contributed by atoms with E-state index in [0.29, 0.717) is 12.3 Å². The van der Waals surface area contributed by atoms with Crippen LogP contribution in [-0.2, 0) is 9.53 Å². The third-order valence-corrected chi connectivity index (χ3v) is 7.16. The van der Waals surface area contributed by atoms with Gasteiger partial charge in [0.1, 0.15) is 6.61 Å². The van der Waals surface area contributed by atoms with Gasteiger partial charge in [-0.25, -0.2) is 8.78 Å². The number of fused-ring (bicyclic) bond motifs is 1. The van der Waals surface area contributed by atoms with E-state index >= 15 is 0 Å². The zero-order valence-electron chi connectivity index (χ0n) is 15.9. The number of nitrogens with zero attached hydrogens (tertiary/aromatic N) is 2. The Balaban J connectivity index is 1.24. The second-order valence-electron chi connectivity index (χ2n) is 9.50. The van der Waals surface area contributed by atoms with Crippen LogP contribution in [0.2, 0.25) is 0 Å². The lowest BCUT2D eigenvalue weighted by atomic mass is 9.83. The van der Waals surface area contributed by atoms with Crippen LogP contribution < -0.4 is 0 Å². The summed E-state index contributed by atoms with van der Waals surface area (Å²) in [5.41, 5.74) is 0.101. The van der Waals surface area contributed by atoms with Gasteiger partial charge < -0.3 is 14.5 Å². The zero-order valence-corrected chi connectivity index (χ0v) is 15.9. The van der Waals surface area contributed by atoms with Crippen LogP contribution in [-0.4, -0.2) is 67.1 Å². The fourth-order valence-electron chi connectivity index (χ4n) is 5.69. The predicted molar refractivity (Wildman–Crippen MR) is 95.1 cm³/mol. The highest BCUT2D eigenvalue weighted by molar-refractivity contribution is 5.78. The molecule has 0 aromatic carbocycles. The lowest BCUT2D eigenvalue weighted by molar-refractivity contribution is -0.137. The summed E-state index contributed by atoms with van der Waals surface area (Å²) >= 11 is 0. The largest absolute Gasteiger partial charge is 0.368 e. The maximum atomic E-state index is 13.4. The molecule has 148 valence electrons. The molecule has 2 heterocycles. The third kappa shape index (κ3) is 3.91. The molecule has 2 saturated heterocycles. The number of carbonyl (C=O) groups is 1. The number of rotatable bonds is 5. The molecule has 0 N–H and O–H groups in total. The van der Waals surface area contributed by atoms with Gasteiger partial charge in [0.25, 0.3) is 0 Å². The Hall–Kier alpha value is -0.750. The van der Waals surface area contributed by atoms with E-state index in [9.17, 15) is 13.6 Å². The Morgan fingerprint density at radius 2 is 1.92 bits per heavy atom. The fraction of sp³-hybridized carbons (Fsp3) is 0.950. The van der Waals surface area contributed by atoms with Crippen molar-refractivity contribution in [1.82, 2.24) is 9.80 Å². The molecule has 3 atom stereocenters. The standard InChI is InChI=1S/C20H32F2N2O2/c1-19-13-23(9-15-6-7-20(21,22)8-15)10-16(19)11-24(14-19)18(25)12-26-17-4-2-3-5-17/h15-17H,2-14H2,1H3/t15?,16-,19+/m0/s1. The molecule has 0 aromatic heterocycles. The van der Waals surface area contributed by atoms with Gasteiger partial charge in [-0.05, 0) is 31.1 Å². The summed E-state index contributed by atoms with van der Waals surface area (Å²) in [6.07, 6.45) is 5.62. The van der Waals surface area contributed by atoms with Crippen molar-refractivity contribution in [2.75, 3.05) is 39.3 Å². The Labute approximate surface area is 155 Å². The van der Waals surface area contributed by atoms with E-state index in [0.717, 1.165) is 45.6 Å². The summed E-state index contributed by atoms with van der Waals surface area (Å²) in [6.45, 7) is 6.70. The topological polar surface area (TPSA) is 32.8 Å². The SMILES string of the molecule is C[C@]12CN(CC3CCC(F)(F)C3)C[C@H]1CN(C(=O)COC1CCCC1)C2. The van der Waals surface area contributed by atoms with E-state index in [-0.39, 0.29) is 42.8 Å². The average molecular weight is 370 g/mol. The number of ether oxygens (including phenoxy) is 1. The van der Waals surface area contributed by atoms with Gasteiger partial charge in [0, 0.05) is 51.0 Å². The summed E-state index contributed by atoms with van der Waals surface area (Å²) in [7, 11) is 0. The number of likely N-dealkylation sites (tertiary alicyclic amines) is 2. The molecule has 0 radical (unpaired) electrons. The van der Waals surface area contributed by atoms with Crippen LogP contribution in [0, 0.1) is 17.3 Å². The van der Waals surface area contributed by atoms with E-state index in [2.05, 4.69) is 11.8 Å². The molecule has 4 rings (SSSR count). The summed E-state index contributed by atoms with van der Waals surface area (Å²) in [6, 6.07) is 0. The third-order valence-electron chi connectivity index (χ3n) is 7.16. The average Bonchev–Trinajstić information content (AvgIpc) is 3.29. The Bertz CT molecular complexity index is 538. The second kappa shape index (κ2) is 7.01. The molecule has 6 heteroatoms. The molecule has 0 aromatic rings. The summed E-state index contributed by atoms with van der Waals surface area (Å²) in [5.74, 6) is -1.74. The maximum Gasteiger partial charge on any atom is 0.248 e.